The maximum atomic E-state index is 13.4. The average Bonchev–Trinajstić information content (AvgIpc) is 3.01. The number of hydrogen-bond acceptors (Lipinski definition) is 5. The zero-order valence-electron chi connectivity index (χ0n) is 17.1. The molecule has 1 N–H and O–H groups in total. The summed E-state index contributed by atoms with van der Waals surface area (Å²) in [6, 6.07) is 13.2. The second kappa shape index (κ2) is 10.8. The van der Waals surface area contributed by atoms with Crippen molar-refractivity contribution in [3.63, 3.8) is 0 Å². The number of amides is 3. The first kappa shape index (κ1) is 22.6. The molecule has 8 heteroatoms. The molecule has 3 rings (SSSR count). The first-order chi connectivity index (χ1) is 15.0. The molecule has 2 aromatic carbocycles. The van der Waals surface area contributed by atoms with Gasteiger partial charge in [0, 0.05) is 12.1 Å². The van der Waals surface area contributed by atoms with Crippen LogP contribution >= 0.6 is 11.8 Å². The van der Waals surface area contributed by atoms with Crippen LogP contribution in [-0.4, -0.2) is 35.0 Å². The van der Waals surface area contributed by atoms with Gasteiger partial charge in [0.1, 0.15) is 24.7 Å². The van der Waals surface area contributed by atoms with Crippen molar-refractivity contribution in [1.82, 2.24) is 10.2 Å². The Kier molecular flexibility index (Phi) is 7.83. The molecule has 0 unspecified atom stereocenters. The van der Waals surface area contributed by atoms with Crippen molar-refractivity contribution in [3.05, 3.63) is 70.4 Å². The third-order valence-corrected chi connectivity index (χ3v) is 5.42. The Bertz CT molecular complexity index is 1010. The highest BCUT2D eigenvalue weighted by Crippen LogP contribution is 2.34. The quantitative estimate of drug-likeness (QED) is 0.461. The third-order valence-electron chi connectivity index (χ3n) is 4.52. The van der Waals surface area contributed by atoms with Crippen LogP contribution in [0.1, 0.15) is 30.9 Å². The molecule has 3 amide bonds. The van der Waals surface area contributed by atoms with Crippen LogP contribution in [0.5, 0.6) is 5.75 Å². The highest BCUT2D eigenvalue weighted by atomic mass is 32.2. The smallest absolute Gasteiger partial charge is 0.294 e. The zero-order valence-corrected chi connectivity index (χ0v) is 17.9. The molecule has 2 aromatic rings. The molecule has 162 valence electrons. The molecule has 1 heterocycles. The molecule has 0 aromatic heterocycles. The van der Waals surface area contributed by atoms with Gasteiger partial charge in [-0.2, -0.15) is 0 Å². The maximum Gasteiger partial charge on any atom is 0.294 e. The fourth-order valence-electron chi connectivity index (χ4n) is 2.90. The van der Waals surface area contributed by atoms with Gasteiger partial charge in [0.05, 0.1) is 4.91 Å². The third kappa shape index (κ3) is 6.18. The van der Waals surface area contributed by atoms with Crippen molar-refractivity contribution in [2.24, 2.45) is 0 Å². The van der Waals surface area contributed by atoms with Gasteiger partial charge in [-0.1, -0.05) is 43.7 Å². The number of unbranched alkanes of at least 4 members (excludes halogenated alkanes) is 1. The predicted octanol–water partition coefficient (Wildman–Crippen LogP) is 4.36. The molecule has 0 bridgehead atoms. The molecule has 6 nitrogen and oxygen atoms in total. The van der Waals surface area contributed by atoms with Gasteiger partial charge >= 0.3 is 0 Å². The Balaban J connectivity index is 1.69. The second-order valence-electron chi connectivity index (χ2n) is 6.93. The molecule has 0 spiro atoms. The molecular formula is C23H23FN2O4S. The van der Waals surface area contributed by atoms with Crippen molar-refractivity contribution < 1.29 is 23.5 Å². The van der Waals surface area contributed by atoms with E-state index in [0.29, 0.717) is 23.4 Å². The summed E-state index contributed by atoms with van der Waals surface area (Å²) >= 11 is 0.785. The first-order valence-electron chi connectivity index (χ1n) is 9.96. The van der Waals surface area contributed by atoms with Gasteiger partial charge < -0.3 is 10.1 Å². The summed E-state index contributed by atoms with van der Waals surface area (Å²) in [6.45, 7) is 2.37. The van der Waals surface area contributed by atoms with Crippen LogP contribution in [0.25, 0.3) is 6.08 Å². The molecule has 31 heavy (non-hydrogen) atoms. The summed E-state index contributed by atoms with van der Waals surface area (Å²) in [5.41, 5.74) is 1.28. The molecule has 0 aliphatic carbocycles. The van der Waals surface area contributed by atoms with E-state index in [-0.39, 0.29) is 29.8 Å². The summed E-state index contributed by atoms with van der Waals surface area (Å²) in [7, 11) is 0. The number of thioether (sulfide) groups is 1. The number of ether oxygens (including phenoxy) is 1. The molecule has 1 fully saturated rings. The van der Waals surface area contributed by atoms with Gasteiger partial charge in [0.15, 0.2) is 0 Å². The van der Waals surface area contributed by atoms with Crippen LogP contribution in [-0.2, 0) is 16.2 Å². The Morgan fingerprint density at radius 3 is 2.77 bits per heavy atom. The van der Waals surface area contributed by atoms with Crippen LogP contribution in [0.3, 0.4) is 0 Å². The topological polar surface area (TPSA) is 75.7 Å². The summed E-state index contributed by atoms with van der Waals surface area (Å²) in [4.78, 5) is 38.1. The van der Waals surface area contributed by atoms with Crippen molar-refractivity contribution >= 4 is 34.9 Å². The Hall–Kier alpha value is -3.13. The number of imide groups is 1. The van der Waals surface area contributed by atoms with E-state index in [4.69, 9.17) is 4.74 Å². The number of para-hydroxylation sites is 1. The lowest BCUT2D eigenvalue weighted by Gasteiger charge is -2.12. The number of nitrogens with one attached hydrogen (secondary N) is 1. The van der Waals surface area contributed by atoms with E-state index in [9.17, 15) is 18.8 Å². The van der Waals surface area contributed by atoms with E-state index in [1.165, 1.54) is 12.1 Å². The number of benzene rings is 2. The van der Waals surface area contributed by atoms with Crippen molar-refractivity contribution in [2.75, 3.05) is 13.1 Å². The highest BCUT2D eigenvalue weighted by molar-refractivity contribution is 8.18. The predicted molar refractivity (Wildman–Crippen MR) is 118 cm³/mol. The maximum absolute atomic E-state index is 13.4. The molecule has 1 aliphatic heterocycles. The van der Waals surface area contributed by atoms with Crippen molar-refractivity contribution in [1.29, 1.82) is 0 Å². The largest absolute Gasteiger partial charge is 0.488 e. The summed E-state index contributed by atoms with van der Waals surface area (Å²) in [5, 5.41) is 2.21. The van der Waals surface area contributed by atoms with Gasteiger partial charge in [-0.25, -0.2) is 4.39 Å². The van der Waals surface area contributed by atoms with E-state index in [1.54, 1.807) is 42.5 Å². The molecular weight excluding hydrogens is 419 g/mol. The van der Waals surface area contributed by atoms with E-state index in [2.05, 4.69) is 5.32 Å². The van der Waals surface area contributed by atoms with E-state index in [0.717, 1.165) is 29.5 Å². The Labute approximate surface area is 184 Å². The number of carbonyl (C=O) groups excluding carboxylic acids is 3. The monoisotopic (exact) mass is 442 g/mol. The van der Waals surface area contributed by atoms with Crippen LogP contribution < -0.4 is 10.1 Å². The lowest BCUT2D eigenvalue weighted by molar-refractivity contribution is -0.129. The van der Waals surface area contributed by atoms with Crippen LogP contribution in [0.2, 0.25) is 0 Å². The standard InChI is InChI=1S/C23H23FN2O4S/c1-2-3-11-25-21(27)14-26-22(28)20(31-23(26)29)13-17-8-4-5-10-19(17)30-15-16-7-6-9-18(24)12-16/h4-10,12-13H,2-3,11,14-15H2,1H3,(H,25,27)/b20-13-. The number of halogens is 1. The Morgan fingerprint density at radius 2 is 2.00 bits per heavy atom. The van der Waals surface area contributed by atoms with Crippen LogP contribution in [0.4, 0.5) is 9.18 Å². The molecule has 1 aliphatic rings. The van der Waals surface area contributed by atoms with Gasteiger partial charge in [0.25, 0.3) is 11.1 Å². The number of rotatable bonds is 9. The minimum absolute atomic E-state index is 0.155. The number of hydrogen-bond donors (Lipinski definition) is 1. The highest BCUT2D eigenvalue weighted by Gasteiger charge is 2.36. The number of carbonyl (C=O) groups is 3. The summed E-state index contributed by atoms with van der Waals surface area (Å²) < 4.78 is 19.2. The van der Waals surface area contributed by atoms with Crippen molar-refractivity contribution in [2.45, 2.75) is 26.4 Å². The van der Waals surface area contributed by atoms with Gasteiger partial charge in [0.2, 0.25) is 5.91 Å². The van der Waals surface area contributed by atoms with Crippen LogP contribution in [0, 0.1) is 5.82 Å². The Morgan fingerprint density at radius 1 is 1.19 bits per heavy atom. The molecule has 0 saturated carbocycles. The average molecular weight is 443 g/mol. The lowest BCUT2D eigenvalue weighted by Crippen LogP contribution is -2.39. The summed E-state index contributed by atoms with van der Waals surface area (Å²) in [5.74, 6) is -0.728. The van der Waals surface area contributed by atoms with E-state index in [1.807, 2.05) is 6.92 Å². The normalized spacial score (nSPS) is 14.9. The second-order valence-corrected chi connectivity index (χ2v) is 7.92. The SMILES string of the molecule is CCCCNC(=O)CN1C(=O)S/C(=C\c2ccccc2OCc2cccc(F)c2)C1=O. The lowest BCUT2D eigenvalue weighted by atomic mass is 10.1. The van der Waals surface area contributed by atoms with Gasteiger partial charge in [-0.3, -0.25) is 19.3 Å². The minimum atomic E-state index is -0.513. The van der Waals surface area contributed by atoms with E-state index >= 15 is 0 Å². The fourth-order valence-corrected chi connectivity index (χ4v) is 3.73. The van der Waals surface area contributed by atoms with Crippen LogP contribution in [0.15, 0.2) is 53.4 Å². The molecule has 0 atom stereocenters. The fraction of sp³-hybridized carbons (Fsp3) is 0.261. The minimum Gasteiger partial charge on any atom is -0.488 e. The first-order valence-corrected chi connectivity index (χ1v) is 10.8. The molecule has 1 saturated heterocycles. The zero-order chi connectivity index (χ0) is 22.2. The molecule has 0 radical (unpaired) electrons. The van der Waals surface area contributed by atoms with Crippen molar-refractivity contribution in [3.8, 4) is 5.75 Å². The van der Waals surface area contributed by atoms with Gasteiger partial charge in [-0.05, 0) is 48.0 Å². The van der Waals surface area contributed by atoms with Gasteiger partial charge in [-0.15, -0.1) is 0 Å². The number of nitrogens with zero attached hydrogens (tertiary/aromatic N) is 1. The summed E-state index contributed by atoms with van der Waals surface area (Å²) in [6.07, 6.45) is 3.34. The van der Waals surface area contributed by atoms with E-state index < -0.39 is 11.1 Å².